The highest BCUT2D eigenvalue weighted by Gasteiger charge is 2.17. The SMILES string of the molecule is CCCCOC(=O)Cn1nc(C(C)=O)c2cc(-c3cnc(C)nc3)ccc21. The summed E-state index contributed by atoms with van der Waals surface area (Å²) in [7, 11) is 0. The molecule has 0 N–H and O–H groups in total. The molecule has 7 nitrogen and oxygen atoms in total. The first-order chi connectivity index (χ1) is 13.0. The second kappa shape index (κ2) is 8.07. The van der Waals surface area contributed by atoms with Gasteiger partial charge >= 0.3 is 5.97 Å². The van der Waals surface area contributed by atoms with Crippen LogP contribution >= 0.6 is 0 Å². The Morgan fingerprint density at radius 1 is 1.15 bits per heavy atom. The Morgan fingerprint density at radius 3 is 2.56 bits per heavy atom. The van der Waals surface area contributed by atoms with Crippen molar-refractivity contribution in [1.82, 2.24) is 19.7 Å². The van der Waals surface area contributed by atoms with Crippen LogP contribution in [0.2, 0.25) is 0 Å². The highest BCUT2D eigenvalue weighted by Crippen LogP contribution is 2.26. The molecule has 0 unspecified atom stereocenters. The summed E-state index contributed by atoms with van der Waals surface area (Å²) < 4.78 is 6.73. The van der Waals surface area contributed by atoms with E-state index in [4.69, 9.17) is 4.74 Å². The molecule has 2 aromatic heterocycles. The summed E-state index contributed by atoms with van der Waals surface area (Å²) in [5, 5.41) is 5.04. The summed E-state index contributed by atoms with van der Waals surface area (Å²) in [6.45, 7) is 5.69. The molecule has 2 heterocycles. The molecule has 27 heavy (non-hydrogen) atoms. The van der Waals surface area contributed by atoms with E-state index in [2.05, 4.69) is 15.1 Å². The van der Waals surface area contributed by atoms with Gasteiger partial charge < -0.3 is 4.74 Å². The summed E-state index contributed by atoms with van der Waals surface area (Å²) >= 11 is 0. The predicted octanol–water partition coefficient (Wildman–Crippen LogP) is 3.35. The third-order valence-corrected chi connectivity index (χ3v) is 4.24. The van der Waals surface area contributed by atoms with Crippen molar-refractivity contribution < 1.29 is 14.3 Å². The number of hydrogen-bond acceptors (Lipinski definition) is 6. The van der Waals surface area contributed by atoms with E-state index in [-0.39, 0.29) is 18.3 Å². The Morgan fingerprint density at radius 2 is 1.89 bits per heavy atom. The Balaban J connectivity index is 1.96. The second-order valence-electron chi connectivity index (χ2n) is 6.39. The molecule has 0 saturated carbocycles. The Hall–Kier alpha value is -3.09. The number of esters is 1. The van der Waals surface area contributed by atoms with E-state index in [0.717, 1.165) is 24.0 Å². The fraction of sp³-hybridized carbons (Fsp3) is 0.350. The summed E-state index contributed by atoms with van der Waals surface area (Å²) in [6, 6.07) is 5.64. The van der Waals surface area contributed by atoms with Crippen LogP contribution in [-0.2, 0) is 16.1 Å². The van der Waals surface area contributed by atoms with Crippen LogP contribution in [0.25, 0.3) is 22.0 Å². The molecular formula is C20H22N4O3. The molecule has 0 amide bonds. The zero-order valence-corrected chi connectivity index (χ0v) is 15.7. The van der Waals surface area contributed by atoms with Crippen molar-refractivity contribution in [2.24, 2.45) is 0 Å². The fourth-order valence-corrected chi connectivity index (χ4v) is 2.78. The molecule has 0 spiro atoms. The number of aryl methyl sites for hydroxylation is 1. The van der Waals surface area contributed by atoms with Crippen molar-refractivity contribution >= 4 is 22.7 Å². The van der Waals surface area contributed by atoms with Crippen LogP contribution in [0.3, 0.4) is 0 Å². The number of Topliss-reactive ketones (excluding diaryl/α,β-unsaturated/α-hetero) is 1. The fourth-order valence-electron chi connectivity index (χ4n) is 2.78. The maximum Gasteiger partial charge on any atom is 0.327 e. The van der Waals surface area contributed by atoms with Crippen LogP contribution in [0, 0.1) is 6.92 Å². The number of ketones is 1. The Kier molecular flexibility index (Phi) is 5.59. The van der Waals surface area contributed by atoms with E-state index in [1.807, 2.05) is 32.0 Å². The lowest BCUT2D eigenvalue weighted by Gasteiger charge is -2.06. The molecule has 0 atom stereocenters. The lowest BCUT2D eigenvalue weighted by molar-refractivity contribution is -0.144. The van der Waals surface area contributed by atoms with Crippen LogP contribution in [0.4, 0.5) is 0 Å². The largest absolute Gasteiger partial charge is 0.464 e. The van der Waals surface area contributed by atoms with Crippen LogP contribution < -0.4 is 0 Å². The van der Waals surface area contributed by atoms with E-state index in [0.29, 0.717) is 29.0 Å². The van der Waals surface area contributed by atoms with Gasteiger partial charge in [0, 0.05) is 30.3 Å². The van der Waals surface area contributed by atoms with E-state index in [1.54, 1.807) is 12.4 Å². The Labute approximate surface area is 157 Å². The lowest BCUT2D eigenvalue weighted by atomic mass is 10.0. The van der Waals surface area contributed by atoms with Crippen LogP contribution in [0.1, 0.15) is 43.0 Å². The van der Waals surface area contributed by atoms with E-state index in [9.17, 15) is 9.59 Å². The maximum atomic E-state index is 12.0. The molecule has 1 aromatic carbocycles. The minimum Gasteiger partial charge on any atom is -0.464 e. The number of rotatable bonds is 7. The number of hydrogen-bond donors (Lipinski definition) is 0. The van der Waals surface area contributed by atoms with Gasteiger partial charge in [-0.1, -0.05) is 19.4 Å². The molecule has 3 aromatic rings. The minimum atomic E-state index is -0.362. The monoisotopic (exact) mass is 366 g/mol. The molecule has 0 aliphatic carbocycles. The van der Waals surface area contributed by atoms with Gasteiger partial charge in [0.1, 0.15) is 18.1 Å². The van der Waals surface area contributed by atoms with Gasteiger partial charge in [-0.2, -0.15) is 5.10 Å². The summed E-state index contributed by atoms with van der Waals surface area (Å²) in [5.74, 6) is 0.174. The van der Waals surface area contributed by atoms with Crippen LogP contribution in [0.5, 0.6) is 0 Å². The van der Waals surface area contributed by atoms with Gasteiger partial charge in [0.15, 0.2) is 5.78 Å². The number of nitrogens with zero attached hydrogens (tertiary/aromatic N) is 4. The number of carbonyl (C=O) groups excluding carboxylic acids is 2. The molecule has 0 aliphatic rings. The molecule has 0 saturated heterocycles. The highest BCUT2D eigenvalue weighted by atomic mass is 16.5. The van der Waals surface area contributed by atoms with Crippen molar-refractivity contribution in [2.45, 2.75) is 40.2 Å². The van der Waals surface area contributed by atoms with E-state index < -0.39 is 0 Å². The smallest absolute Gasteiger partial charge is 0.327 e. The standard InChI is InChI=1S/C20H22N4O3/c1-4-5-8-27-19(26)12-24-18-7-6-15(16-10-21-14(3)22-11-16)9-17(18)20(23-24)13(2)25/h6-7,9-11H,4-5,8,12H2,1-3H3. The van der Waals surface area contributed by atoms with Crippen molar-refractivity contribution in [3.05, 3.63) is 42.1 Å². The molecule has 3 rings (SSSR count). The molecule has 0 fully saturated rings. The summed E-state index contributed by atoms with van der Waals surface area (Å²) in [4.78, 5) is 32.5. The third kappa shape index (κ3) is 4.19. The number of benzene rings is 1. The minimum absolute atomic E-state index is 0.0273. The first kappa shape index (κ1) is 18.7. The molecule has 0 bridgehead atoms. The van der Waals surface area contributed by atoms with Crippen molar-refractivity contribution in [1.29, 1.82) is 0 Å². The number of unbranched alkanes of at least 4 members (excludes halogenated alkanes) is 1. The number of carbonyl (C=O) groups is 2. The van der Waals surface area contributed by atoms with Crippen LogP contribution in [0.15, 0.2) is 30.6 Å². The lowest BCUT2D eigenvalue weighted by Crippen LogP contribution is -2.15. The average Bonchev–Trinajstić information content (AvgIpc) is 3.00. The van der Waals surface area contributed by atoms with Gasteiger partial charge in [0.05, 0.1) is 12.1 Å². The average molecular weight is 366 g/mol. The summed E-state index contributed by atoms with van der Waals surface area (Å²) in [6.07, 6.45) is 5.27. The first-order valence-electron chi connectivity index (χ1n) is 8.95. The topological polar surface area (TPSA) is 87.0 Å². The number of ether oxygens (including phenoxy) is 1. The van der Waals surface area contributed by atoms with Gasteiger partial charge in [0.2, 0.25) is 0 Å². The van der Waals surface area contributed by atoms with E-state index >= 15 is 0 Å². The molecule has 7 heteroatoms. The zero-order chi connectivity index (χ0) is 19.4. The molecular weight excluding hydrogens is 344 g/mol. The van der Waals surface area contributed by atoms with Crippen molar-refractivity contribution in [3.63, 3.8) is 0 Å². The van der Waals surface area contributed by atoms with E-state index in [1.165, 1.54) is 11.6 Å². The van der Waals surface area contributed by atoms with Gasteiger partial charge in [-0.3, -0.25) is 14.3 Å². The van der Waals surface area contributed by atoms with Crippen molar-refractivity contribution in [3.8, 4) is 11.1 Å². The number of aromatic nitrogens is 4. The zero-order valence-electron chi connectivity index (χ0n) is 15.7. The van der Waals surface area contributed by atoms with Crippen LogP contribution in [-0.4, -0.2) is 38.1 Å². The van der Waals surface area contributed by atoms with Gasteiger partial charge in [0.25, 0.3) is 0 Å². The maximum absolute atomic E-state index is 12.0. The number of fused-ring (bicyclic) bond motifs is 1. The first-order valence-corrected chi connectivity index (χ1v) is 8.95. The quantitative estimate of drug-likeness (QED) is 0.362. The van der Waals surface area contributed by atoms with Crippen molar-refractivity contribution in [2.75, 3.05) is 6.61 Å². The third-order valence-electron chi connectivity index (χ3n) is 4.24. The van der Waals surface area contributed by atoms with Gasteiger partial charge in [-0.15, -0.1) is 0 Å². The highest BCUT2D eigenvalue weighted by molar-refractivity contribution is 6.06. The van der Waals surface area contributed by atoms with Gasteiger partial charge in [-0.25, -0.2) is 9.97 Å². The molecule has 140 valence electrons. The predicted molar refractivity (Wildman–Crippen MR) is 101 cm³/mol. The normalized spacial score (nSPS) is 10.9. The van der Waals surface area contributed by atoms with Gasteiger partial charge in [-0.05, 0) is 31.0 Å². The second-order valence-corrected chi connectivity index (χ2v) is 6.39. The summed E-state index contributed by atoms with van der Waals surface area (Å²) in [5.41, 5.74) is 2.78. The molecule has 0 radical (unpaired) electrons. The Bertz CT molecular complexity index is 977. The molecule has 0 aliphatic heterocycles.